The fourth-order valence-electron chi connectivity index (χ4n) is 13.0. The number of para-hydroxylation sites is 3. The maximum Gasteiger partial charge on any atom is 0.586 e. The van der Waals surface area contributed by atoms with E-state index in [1.54, 1.807) is 38.5 Å². The maximum absolute atomic E-state index is 13.4. The largest absolute Gasteiger partial charge is 0.586 e. The molecule has 0 radical (unpaired) electrons. The van der Waals surface area contributed by atoms with Gasteiger partial charge in [-0.2, -0.15) is 0 Å². The summed E-state index contributed by atoms with van der Waals surface area (Å²) in [4.78, 5) is 48.6. The highest BCUT2D eigenvalue weighted by Crippen LogP contribution is 2.54. The van der Waals surface area contributed by atoms with Gasteiger partial charge in [-0.15, -0.1) is 35.1 Å². The van der Waals surface area contributed by atoms with Gasteiger partial charge < -0.3 is 72.8 Å². The van der Waals surface area contributed by atoms with Crippen LogP contribution in [-0.2, 0) is 25.6 Å². The lowest BCUT2D eigenvalue weighted by Crippen LogP contribution is -2.25. The summed E-state index contributed by atoms with van der Waals surface area (Å²) in [5.41, 5.74) is 8.28. The van der Waals surface area contributed by atoms with E-state index >= 15 is 0 Å². The fourth-order valence-corrected chi connectivity index (χ4v) is 13.0. The van der Waals surface area contributed by atoms with Gasteiger partial charge in [-0.3, -0.25) is 19.2 Å². The number of anilines is 3. The molecule has 19 nitrogen and oxygen atoms in total. The average Bonchev–Trinajstić information content (AvgIpc) is 1.48. The number of carbonyl (C=O) groups excluding carboxylic acids is 4. The first-order valence-electron chi connectivity index (χ1n) is 31.6. The Labute approximate surface area is 565 Å². The minimum Gasteiger partial charge on any atom is -0.497 e. The minimum atomic E-state index is -3.70. The molecule has 7 aliphatic heterocycles. The number of nitrogens with one attached hydrogen (secondary N) is 3. The van der Waals surface area contributed by atoms with E-state index in [0.29, 0.717) is 87.9 Å². The van der Waals surface area contributed by atoms with Crippen LogP contribution in [0.1, 0.15) is 120 Å². The summed E-state index contributed by atoms with van der Waals surface area (Å²) in [5, 5.41) is 8.12. The summed E-state index contributed by atoms with van der Waals surface area (Å²) >= 11 is 0. The second-order valence-electron chi connectivity index (χ2n) is 24.4. The molecule has 4 unspecified atom stereocenters. The van der Waals surface area contributed by atoms with Crippen molar-refractivity contribution in [3.63, 3.8) is 0 Å². The Balaban J connectivity index is 0.000000120. The summed E-state index contributed by atoms with van der Waals surface area (Å²) in [6, 6.07) is 41.2. The van der Waals surface area contributed by atoms with Gasteiger partial charge in [-0.25, -0.2) is 0 Å². The maximum atomic E-state index is 13.4. The third kappa shape index (κ3) is 14.3. The molecule has 8 aromatic carbocycles. The predicted molar refractivity (Wildman–Crippen MR) is 341 cm³/mol. The number of rotatable bonds is 11. The Morgan fingerprint density at radius 2 is 0.760 bits per heavy atom. The number of amides is 3. The second kappa shape index (κ2) is 26.6. The van der Waals surface area contributed by atoms with Crippen molar-refractivity contribution in [2.45, 2.75) is 102 Å². The number of ketones is 1. The van der Waals surface area contributed by atoms with Gasteiger partial charge in [0, 0.05) is 108 Å². The Bertz CT molecular complexity index is 4540. The third-order valence-corrected chi connectivity index (χ3v) is 17.2. The first-order valence-corrected chi connectivity index (χ1v) is 31.6. The van der Waals surface area contributed by atoms with Crippen LogP contribution in [0.15, 0.2) is 146 Å². The number of carbonyl (C=O) groups is 4. The molecular formula is C73H61F8N3O16. The lowest BCUT2D eigenvalue weighted by atomic mass is 9.78. The lowest BCUT2D eigenvalue weighted by molar-refractivity contribution is -0.287. The molecule has 4 atom stereocenters. The van der Waals surface area contributed by atoms with Gasteiger partial charge in [-0.1, -0.05) is 80.6 Å². The zero-order chi connectivity index (χ0) is 70.6. The summed E-state index contributed by atoms with van der Waals surface area (Å²) < 4.78 is 165. The van der Waals surface area contributed by atoms with Gasteiger partial charge in [0.05, 0.1) is 27.4 Å². The summed E-state index contributed by atoms with van der Waals surface area (Å²) in [6.07, 6.45) is -13.7. The number of benzene rings is 8. The highest BCUT2D eigenvalue weighted by molar-refractivity contribution is 5.98. The normalized spacial score (nSPS) is 20.1. The highest BCUT2D eigenvalue weighted by Gasteiger charge is 2.49. The number of hydrogen-bond donors (Lipinski definition) is 3. The van der Waals surface area contributed by atoms with Gasteiger partial charge >= 0.3 is 25.2 Å². The van der Waals surface area contributed by atoms with Crippen LogP contribution in [0.2, 0.25) is 0 Å². The molecule has 0 aromatic heterocycles. The molecule has 3 amide bonds. The Morgan fingerprint density at radius 3 is 1.17 bits per heavy atom. The Hall–Kier alpha value is -11.1. The van der Waals surface area contributed by atoms with Crippen molar-refractivity contribution in [2.75, 3.05) is 43.4 Å². The van der Waals surface area contributed by atoms with E-state index in [2.05, 4.69) is 53.8 Å². The van der Waals surface area contributed by atoms with Crippen LogP contribution in [0.3, 0.4) is 0 Å². The van der Waals surface area contributed by atoms with Gasteiger partial charge in [0.2, 0.25) is 17.7 Å². The van der Waals surface area contributed by atoms with Gasteiger partial charge in [-0.05, 0) is 107 Å². The van der Waals surface area contributed by atoms with Crippen molar-refractivity contribution >= 4 is 40.6 Å². The summed E-state index contributed by atoms with van der Waals surface area (Å²) in [7, 11) is 3.11. The van der Waals surface area contributed by atoms with Crippen molar-refractivity contribution in [2.24, 2.45) is 5.92 Å². The van der Waals surface area contributed by atoms with Crippen molar-refractivity contribution in [3.05, 3.63) is 196 Å². The first-order chi connectivity index (χ1) is 47.7. The zero-order valence-corrected chi connectivity index (χ0v) is 53.7. The molecule has 0 fully saturated rings. The average molecular weight is 1390 g/mol. The number of alkyl halides is 8. The molecule has 7 heterocycles. The lowest BCUT2D eigenvalue weighted by Gasteiger charge is -2.27. The molecule has 0 saturated carbocycles. The van der Waals surface area contributed by atoms with E-state index in [9.17, 15) is 54.3 Å². The number of halogens is 8. The van der Waals surface area contributed by atoms with E-state index < -0.39 is 25.2 Å². The van der Waals surface area contributed by atoms with E-state index in [1.807, 2.05) is 99.6 Å². The molecule has 16 rings (SSSR count). The molecule has 0 spiro atoms. The van der Waals surface area contributed by atoms with E-state index in [1.165, 1.54) is 42.5 Å². The minimum absolute atomic E-state index is 0.00279. The van der Waals surface area contributed by atoms with E-state index in [0.717, 1.165) is 27.8 Å². The van der Waals surface area contributed by atoms with Crippen molar-refractivity contribution in [3.8, 4) is 69.0 Å². The van der Waals surface area contributed by atoms with Gasteiger partial charge in [0.15, 0.2) is 46.0 Å². The van der Waals surface area contributed by atoms with Crippen LogP contribution in [0, 0.1) is 5.92 Å². The van der Waals surface area contributed by atoms with Crippen LogP contribution < -0.4 is 72.8 Å². The number of ether oxygens (including phenoxy) is 12. The third-order valence-electron chi connectivity index (χ3n) is 17.2. The highest BCUT2D eigenvalue weighted by atomic mass is 19.3. The molecule has 3 N–H and O–H groups in total. The zero-order valence-electron chi connectivity index (χ0n) is 53.7. The fraction of sp³-hybridized carbons (Fsp3) is 0.288. The molecule has 1 aliphatic carbocycles. The molecule has 27 heteroatoms. The SMILES string of the molecule is CC(C)COc1ccccc1C1CC(=O)Nc2cc3c(cc21)OC(F)(F)O3.CCOc1ccccc1C1CC(=O)Cc2cc3c(cc21)OC(F)(F)O3.COc1ccc(C2CC(=O)Nc3cc4c(cc32)OC(F)(F)O4)cc1.COc1ccccc1C1CC(=O)Nc2cc3c(cc21)OC(F)(F)O3. The van der Waals surface area contributed by atoms with Crippen LogP contribution in [0.25, 0.3) is 0 Å². The van der Waals surface area contributed by atoms with Crippen LogP contribution in [-0.4, -0.2) is 76.1 Å². The molecule has 100 heavy (non-hydrogen) atoms. The predicted octanol–water partition coefficient (Wildman–Crippen LogP) is 15.6. The monoisotopic (exact) mass is 1390 g/mol. The molecule has 0 bridgehead atoms. The number of fused-ring (bicyclic) bond motifs is 8. The van der Waals surface area contributed by atoms with E-state index in [-0.39, 0.29) is 119 Å². The Kier molecular flexibility index (Phi) is 17.9. The van der Waals surface area contributed by atoms with Crippen LogP contribution >= 0.6 is 0 Å². The number of Topliss-reactive ketones (excluding diaryl/α,β-unsaturated/α-hetero) is 1. The van der Waals surface area contributed by atoms with E-state index in [4.69, 9.17) is 18.9 Å². The van der Waals surface area contributed by atoms with Gasteiger partial charge in [0.1, 0.15) is 28.8 Å². The van der Waals surface area contributed by atoms with Crippen LogP contribution in [0.5, 0.6) is 69.0 Å². The molecule has 0 saturated heterocycles. The molecular weight excluding hydrogens is 1330 g/mol. The Morgan fingerprint density at radius 1 is 0.410 bits per heavy atom. The first kappa shape index (κ1) is 67.4. The summed E-state index contributed by atoms with van der Waals surface area (Å²) in [5.74, 6) is 0.891. The standard InChI is InChI=1S/C20H19F2NO4.C19H16F2O4.2C17H13F2NO4/c1-11(2)10-25-16-6-4-3-5-12(16)13-8-19(24)23-15-9-18-17(7-14(13)15)26-20(21,22)27-18;1-2-23-16-6-4-3-5-13(16)15-9-12(22)7-11-8-17-18(10-14(11)15)25-19(20,21)24-17;1-22-10-4-2-9(3-5-10)11-7-16(21)20-13-8-15-14(6-12(11)13)23-17(18,19)24-15;1-22-13-5-3-2-4-9(13)10-7-16(21)20-12-8-15-14(6-11(10)12)23-17(18,19)24-15/h3-7,9,11,13H,8,10H2,1-2H3,(H,23,24);3-6,8,10,15H,2,7,9H2,1H3;2-6,8,11H,7H2,1H3,(H,20,21);2-6,8,10H,7H2,1H3,(H,20,21). The smallest absolute Gasteiger partial charge is 0.497 e. The summed E-state index contributed by atoms with van der Waals surface area (Å²) in [6.45, 7) is 7.02. The van der Waals surface area contributed by atoms with Crippen molar-refractivity contribution in [1.29, 1.82) is 0 Å². The van der Waals surface area contributed by atoms with Gasteiger partial charge in [0.25, 0.3) is 0 Å². The number of hydrogen-bond acceptors (Lipinski definition) is 16. The quantitative estimate of drug-likeness (QED) is 0.103. The molecule has 8 aliphatic rings. The van der Waals surface area contributed by atoms with Crippen LogP contribution in [0.4, 0.5) is 52.2 Å². The molecule has 8 aromatic rings. The van der Waals surface area contributed by atoms with Crippen molar-refractivity contribution in [1.82, 2.24) is 0 Å². The molecule has 520 valence electrons. The topological polar surface area (TPSA) is 215 Å². The number of methoxy groups -OCH3 is 2. The second-order valence-corrected chi connectivity index (χ2v) is 24.4. The van der Waals surface area contributed by atoms with Crippen molar-refractivity contribution < 1.29 is 111 Å².